The van der Waals surface area contributed by atoms with Crippen LogP contribution in [0.4, 0.5) is 4.39 Å². The lowest BCUT2D eigenvalue weighted by Gasteiger charge is -2.08. The number of esters is 1. The summed E-state index contributed by atoms with van der Waals surface area (Å²) in [6.07, 6.45) is 0.695. The Bertz CT molecular complexity index is 1000. The topological polar surface area (TPSA) is 55.4 Å². The van der Waals surface area contributed by atoms with Crippen LogP contribution in [-0.4, -0.2) is 25.0 Å². The number of hydrogen-bond donors (Lipinski definition) is 1. The second-order valence-corrected chi connectivity index (χ2v) is 7.42. The molecule has 27 heavy (non-hydrogen) atoms. The number of fused-ring (bicyclic) bond motifs is 1. The molecule has 4 nitrogen and oxygen atoms in total. The van der Waals surface area contributed by atoms with Crippen molar-refractivity contribution >= 4 is 44.9 Å². The lowest BCUT2D eigenvalue weighted by atomic mass is 10.1. The minimum Gasteiger partial charge on any atom is -0.451 e. The third-order valence-corrected chi connectivity index (χ3v) is 5.73. The maximum Gasteiger partial charge on any atom is 0.350 e. The van der Waals surface area contributed by atoms with Gasteiger partial charge in [-0.2, -0.15) is 0 Å². The van der Waals surface area contributed by atoms with E-state index in [0.29, 0.717) is 23.1 Å². The number of benzene rings is 2. The predicted octanol–water partition coefficient (Wildman–Crippen LogP) is 4.52. The number of hydrogen-bond acceptors (Lipinski definition) is 4. The molecule has 3 aromatic rings. The zero-order valence-corrected chi connectivity index (χ0v) is 16.1. The van der Waals surface area contributed by atoms with E-state index in [2.05, 4.69) is 5.32 Å². The van der Waals surface area contributed by atoms with Crippen LogP contribution in [-0.2, 0) is 16.0 Å². The van der Waals surface area contributed by atoms with E-state index in [0.717, 1.165) is 22.5 Å². The molecule has 1 heterocycles. The molecular weight excluding hydrogens is 389 g/mol. The Balaban J connectivity index is 1.52. The molecule has 3 rings (SSSR count). The number of carbonyl (C=O) groups is 2. The quantitative estimate of drug-likeness (QED) is 0.613. The molecule has 0 saturated carbocycles. The highest BCUT2D eigenvalue weighted by Crippen LogP contribution is 2.36. The normalized spacial score (nSPS) is 10.8. The lowest BCUT2D eigenvalue weighted by molar-refractivity contribution is -0.124. The van der Waals surface area contributed by atoms with Crippen LogP contribution < -0.4 is 5.32 Å². The van der Waals surface area contributed by atoms with Crippen molar-refractivity contribution in [1.82, 2.24) is 5.32 Å². The zero-order chi connectivity index (χ0) is 19.4. The zero-order valence-electron chi connectivity index (χ0n) is 14.6. The number of aryl methyl sites for hydroxylation is 1. The smallest absolute Gasteiger partial charge is 0.350 e. The van der Waals surface area contributed by atoms with Crippen molar-refractivity contribution in [2.75, 3.05) is 13.2 Å². The average molecular weight is 406 g/mol. The van der Waals surface area contributed by atoms with Crippen LogP contribution >= 0.6 is 22.9 Å². The van der Waals surface area contributed by atoms with Gasteiger partial charge < -0.3 is 10.1 Å². The van der Waals surface area contributed by atoms with Crippen molar-refractivity contribution in [2.24, 2.45) is 0 Å². The summed E-state index contributed by atoms with van der Waals surface area (Å²) in [5.74, 6) is -1.50. The Labute approximate surface area is 164 Å². The van der Waals surface area contributed by atoms with Gasteiger partial charge in [-0.25, -0.2) is 9.18 Å². The highest BCUT2D eigenvalue weighted by Gasteiger charge is 2.19. The van der Waals surface area contributed by atoms with E-state index < -0.39 is 18.4 Å². The van der Waals surface area contributed by atoms with Gasteiger partial charge in [-0.3, -0.25) is 4.79 Å². The van der Waals surface area contributed by atoms with Gasteiger partial charge in [0.2, 0.25) is 0 Å². The molecule has 0 spiro atoms. The molecule has 0 unspecified atom stereocenters. The van der Waals surface area contributed by atoms with Crippen LogP contribution in [0.2, 0.25) is 5.02 Å². The predicted molar refractivity (Wildman–Crippen MR) is 105 cm³/mol. The van der Waals surface area contributed by atoms with Gasteiger partial charge >= 0.3 is 5.97 Å². The molecule has 0 aliphatic carbocycles. The van der Waals surface area contributed by atoms with E-state index in [9.17, 15) is 14.0 Å². The Morgan fingerprint density at radius 2 is 2.00 bits per heavy atom. The molecule has 1 amide bonds. The number of ether oxygens (including phenoxy) is 1. The van der Waals surface area contributed by atoms with E-state index in [-0.39, 0.29) is 15.8 Å². The Hall–Kier alpha value is -2.44. The Morgan fingerprint density at radius 3 is 2.78 bits per heavy atom. The SMILES string of the molecule is Cc1ccccc1CCNC(=O)COC(=O)c1sc2cc(F)ccc2c1Cl. The first-order chi connectivity index (χ1) is 13.0. The lowest BCUT2D eigenvalue weighted by Crippen LogP contribution is -2.30. The van der Waals surface area contributed by atoms with Gasteiger partial charge in [0.05, 0.1) is 5.02 Å². The molecule has 0 radical (unpaired) electrons. The monoisotopic (exact) mass is 405 g/mol. The molecule has 140 valence electrons. The van der Waals surface area contributed by atoms with Crippen LogP contribution in [0.15, 0.2) is 42.5 Å². The summed E-state index contributed by atoms with van der Waals surface area (Å²) in [6, 6.07) is 12.0. The number of nitrogens with one attached hydrogen (secondary N) is 1. The molecule has 1 aromatic heterocycles. The first-order valence-corrected chi connectivity index (χ1v) is 9.51. The molecule has 0 saturated heterocycles. The van der Waals surface area contributed by atoms with Gasteiger partial charge in [0.1, 0.15) is 10.7 Å². The Kier molecular flexibility index (Phi) is 6.08. The molecule has 0 aliphatic rings. The highest BCUT2D eigenvalue weighted by atomic mass is 35.5. The largest absolute Gasteiger partial charge is 0.451 e. The van der Waals surface area contributed by atoms with Crippen molar-refractivity contribution in [3.05, 3.63) is 69.3 Å². The molecule has 0 fully saturated rings. The molecule has 1 N–H and O–H groups in total. The van der Waals surface area contributed by atoms with Crippen molar-refractivity contribution in [3.63, 3.8) is 0 Å². The Morgan fingerprint density at radius 1 is 1.22 bits per heavy atom. The molecule has 0 bridgehead atoms. The van der Waals surface area contributed by atoms with Gasteiger partial charge in [-0.15, -0.1) is 11.3 Å². The average Bonchev–Trinajstić information content (AvgIpc) is 2.97. The van der Waals surface area contributed by atoms with Crippen LogP contribution in [0.3, 0.4) is 0 Å². The minimum absolute atomic E-state index is 0.157. The van der Waals surface area contributed by atoms with Crippen molar-refractivity contribution in [2.45, 2.75) is 13.3 Å². The minimum atomic E-state index is -0.698. The molecule has 7 heteroatoms. The van der Waals surface area contributed by atoms with Crippen LogP contribution in [0.1, 0.15) is 20.8 Å². The number of carbonyl (C=O) groups excluding carboxylic acids is 2. The maximum atomic E-state index is 13.3. The second kappa shape index (κ2) is 8.50. The van der Waals surface area contributed by atoms with Gasteiger partial charge in [0.25, 0.3) is 5.91 Å². The summed E-state index contributed by atoms with van der Waals surface area (Å²) >= 11 is 7.21. The molecule has 0 aliphatic heterocycles. The van der Waals surface area contributed by atoms with Gasteiger partial charge in [0, 0.05) is 16.6 Å². The van der Waals surface area contributed by atoms with Crippen LogP contribution in [0, 0.1) is 12.7 Å². The third-order valence-electron chi connectivity index (χ3n) is 4.09. The fourth-order valence-corrected chi connectivity index (χ4v) is 4.07. The summed E-state index contributed by atoms with van der Waals surface area (Å²) in [7, 11) is 0. The number of rotatable bonds is 6. The standard InChI is InChI=1S/C20H17ClFNO3S/c1-12-4-2-3-5-13(12)8-9-23-17(24)11-26-20(25)19-18(21)15-7-6-14(22)10-16(15)27-19/h2-7,10H,8-9,11H2,1H3,(H,23,24). The van der Waals surface area contributed by atoms with E-state index in [1.165, 1.54) is 18.2 Å². The van der Waals surface area contributed by atoms with Crippen LogP contribution in [0.5, 0.6) is 0 Å². The fourth-order valence-electron chi connectivity index (χ4n) is 2.65. The van der Waals surface area contributed by atoms with Gasteiger partial charge in [-0.1, -0.05) is 35.9 Å². The van der Waals surface area contributed by atoms with Gasteiger partial charge in [0.15, 0.2) is 6.61 Å². The summed E-state index contributed by atoms with van der Waals surface area (Å²) in [5.41, 5.74) is 2.31. The second-order valence-electron chi connectivity index (χ2n) is 5.99. The first-order valence-electron chi connectivity index (χ1n) is 8.31. The number of amides is 1. The summed E-state index contributed by atoms with van der Waals surface area (Å²) in [5, 5.41) is 3.51. The highest BCUT2D eigenvalue weighted by molar-refractivity contribution is 7.21. The third kappa shape index (κ3) is 4.64. The van der Waals surface area contributed by atoms with Gasteiger partial charge in [-0.05, 0) is 42.7 Å². The summed E-state index contributed by atoms with van der Waals surface area (Å²) < 4.78 is 18.9. The van der Waals surface area contributed by atoms with Crippen molar-refractivity contribution in [1.29, 1.82) is 0 Å². The van der Waals surface area contributed by atoms with E-state index in [4.69, 9.17) is 16.3 Å². The maximum absolute atomic E-state index is 13.3. The summed E-state index contributed by atoms with van der Waals surface area (Å²) in [4.78, 5) is 24.2. The molecular formula is C20H17ClFNO3S. The number of halogens is 2. The molecule has 0 atom stereocenters. The van der Waals surface area contributed by atoms with Crippen molar-refractivity contribution in [3.8, 4) is 0 Å². The molecule has 2 aromatic carbocycles. The number of thiophene rings is 1. The van der Waals surface area contributed by atoms with Crippen molar-refractivity contribution < 1.29 is 18.7 Å². The first kappa shape index (κ1) is 19.3. The van der Waals surface area contributed by atoms with E-state index in [1.807, 2.05) is 31.2 Å². The van der Waals surface area contributed by atoms with E-state index in [1.54, 1.807) is 0 Å². The summed E-state index contributed by atoms with van der Waals surface area (Å²) in [6.45, 7) is 2.06. The van der Waals surface area contributed by atoms with E-state index >= 15 is 0 Å². The van der Waals surface area contributed by atoms with Crippen LogP contribution in [0.25, 0.3) is 10.1 Å². The fraction of sp³-hybridized carbons (Fsp3) is 0.200.